The Morgan fingerprint density at radius 3 is 1.62 bits per heavy atom. The molecule has 0 rings (SSSR count). The summed E-state index contributed by atoms with van der Waals surface area (Å²) in [5, 5.41) is 0. The number of esters is 2. The number of hydrogen-bond donors (Lipinski definition) is 0. The van der Waals surface area contributed by atoms with Gasteiger partial charge in [0.05, 0.1) is 5.41 Å². The first-order valence-electron chi connectivity index (χ1n) is 8.99. The molecule has 0 aliphatic rings. The lowest BCUT2D eigenvalue weighted by atomic mass is 9.70. The van der Waals surface area contributed by atoms with Gasteiger partial charge in [0, 0.05) is 5.41 Å². The number of carbonyl (C=O) groups is 2. The Kier molecular flexibility index (Phi) is 7.53. The van der Waals surface area contributed by atoms with Crippen LogP contribution in [0.4, 0.5) is 0 Å². The molecule has 0 fully saturated rings. The molecule has 0 N–H and O–H groups in total. The van der Waals surface area contributed by atoms with Crippen molar-refractivity contribution < 1.29 is 19.1 Å². The Hall–Kier alpha value is -1.06. The van der Waals surface area contributed by atoms with Crippen LogP contribution in [0.2, 0.25) is 0 Å². The minimum atomic E-state index is -0.630. The van der Waals surface area contributed by atoms with Gasteiger partial charge in [-0.2, -0.15) is 0 Å². The average molecular weight is 343 g/mol. The second-order valence-corrected chi connectivity index (χ2v) is 9.54. The van der Waals surface area contributed by atoms with Gasteiger partial charge in [0.25, 0.3) is 0 Å². The lowest BCUT2D eigenvalue weighted by Gasteiger charge is -2.38. The van der Waals surface area contributed by atoms with Gasteiger partial charge >= 0.3 is 11.9 Å². The molecule has 0 aromatic rings. The molecule has 0 aliphatic heterocycles. The molecule has 142 valence electrons. The van der Waals surface area contributed by atoms with Crippen molar-refractivity contribution in [3.63, 3.8) is 0 Å². The Labute approximate surface area is 148 Å². The number of carbonyl (C=O) groups excluding carboxylic acids is 2. The van der Waals surface area contributed by atoms with E-state index < -0.39 is 17.0 Å². The highest BCUT2D eigenvalue weighted by Gasteiger charge is 2.41. The van der Waals surface area contributed by atoms with Crippen LogP contribution < -0.4 is 0 Å². The summed E-state index contributed by atoms with van der Waals surface area (Å²) >= 11 is 0. The zero-order valence-corrected chi connectivity index (χ0v) is 17.5. The van der Waals surface area contributed by atoms with Crippen LogP contribution in [-0.4, -0.2) is 24.1 Å². The maximum Gasteiger partial charge on any atom is 0.344 e. The van der Waals surface area contributed by atoms with Crippen molar-refractivity contribution in [2.75, 3.05) is 6.61 Å². The molecule has 0 aliphatic carbocycles. The van der Waals surface area contributed by atoms with Crippen molar-refractivity contribution in [2.24, 2.45) is 16.2 Å². The quantitative estimate of drug-likeness (QED) is 0.601. The second kappa shape index (κ2) is 7.88. The molecule has 4 nitrogen and oxygen atoms in total. The van der Waals surface area contributed by atoms with Crippen molar-refractivity contribution in [1.29, 1.82) is 0 Å². The summed E-state index contributed by atoms with van der Waals surface area (Å²) in [7, 11) is 0. The highest BCUT2D eigenvalue weighted by molar-refractivity contribution is 5.80. The molecule has 24 heavy (non-hydrogen) atoms. The maximum absolute atomic E-state index is 12.6. The lowest BCUT2D eigenvalue weighted by molar-refractivity contribution is -0.180. The molecule has 0 aromatic carbocycles. The lowest BCUT2D eigenvalue weighted by Crippen LogP contribution is -2.43. The predicted octanol–water partition coefficient (Wildman–Crippen LogP) is 5.14. The Morgan fingerprint density at radius 1 is 0.833 bits per heavy atom. The van der Waals surface area contributed by atoms with Gasteiger partial charge in [0.15, 0.2) is 6.61 Å². The smallest absolute Gasteiger partial charge is 0.344 e. The molecule has 0 saturated carbocycles. The van der Waals surface area contributed by atoms with Gasteiger partial charge in [-0.3, -0.25) is 4.79 Å². The maximum atomic E-state index is 12.6. The summed E-state index contributed by atoms with van der Waals surface area (Å²) < 4.78 is 10.9. The van der Waals surface area contributed by atoms with Crippen LogP contribution in [0, 0.1) is 16.2 Å². The van der Waals surface area contributed by atoms with Gasteiger partial charge in [-0.15, -0.1) is 0 Å². The average Bonchev–Trinajstić information content (AvgIpc) is 2.39. The zero-order valence-electron chi connectivity index (χ0n) is 17.5. The van der Waals surface area contributed by atoms with E-state index in [9.17, 15) is 9.59 Å². The number of rotatable bonds is 7. The predicted molar refractivity (Wildman–Crippen MR) is 97.7 cm³/mol. The van der Waals surface area contributed by atoms with E-state index in [1.807, 2.05) is 48.5 Å². The van der Waals surface area contributed by atoms with Crippen LogP contribution in [-0.2, 0) is 19.1 Å². The minimum Gasteiger partial charge on any atom is -0.457 e. The van der Waals surface area contributed by atoms with Crippen molar-refractivity contribution >= 4 is 11.9 Å². The van der Waals surface area contributed by atoms with Crippen LogP contribution >= 0.6 is 0 Å². The van der Waals surface area contributed by atoms with E-state index in [1.165, 1.54) is 0 Å². The second-order valence-electron chi connectivity index (χ2n) is 9.54. The van der Waals surface area contributed by atoms with Crippen molar-refractivity contribution in [3.8, 4) is 0 Å². The van der Waals surface area contributed by atoms with Crippen molar-refractivity contribution in [1.82, 2.24) is 0 Å². The largest absolute Gasteiger partial charge is 0.457 e. The summed E-state index contributed by atoms with van der Waals surface area (Å²) in [6.45, 7) is 19.8. The van der Waals surface area contributed by atoms with Gasteiger partial charge in [-0.1, -0.05) is 55.4 Å². The van der Waals surface area contributed by atoms with E-state index in [1.54, 1.807) is 0 Å². The molecule has 4 heteroatoms. The molecule has 0 bridgehead atoms. The molecular formula is C20H38O4. The monoisotopic (exact) mass is 342 g/mol. The first-order chi connectivity index (χ1) is 10.6. The molecule has 0 unspecified atom stereocenters. The van der Waals surface area contributed by atoms with E-state index in [-0.39, 0.29) is 23.4 Å². The number of ether oxygens (including phenoxy) is 2. The Balaban J connectivity index is 4.89. The van der Waals surface area contributed by atoms with E-state index >= 15 is 0 Å². The van der Waals surface area contributed by atoms with E-state index in [2.05, 4.69) is 20.8 Å². The van der Waals surface area contributed by atoms with E-state index in [4.69, 9.17) is 9.47 Å². The summed E-state index contributed by atoms with van der Waals surface area (Å²) in [5.41, 5.74) is -1.36. The first kappa shape index (κ1) is 22.9. The van der Waals surface area contributed by atoms with Crippen LogP contribution in [0.3, 0.4) is 0 Å². The zero-order chi connectivity index (χ0) is 19.4. The van der Waals surface area contributed by atoms with E-state index in [0.29, 0.717) is 12.8 Å². The van der Waals surface area contributed by atoms with Gasteiger partial charge in [0.2, 0.25) is 0 Å². The SMILES string of the molecule is CCC(CC)(CC(C)(C)C)C(=O)OCC(=O)OC(C)(C)C(C)(C)C. The highest BCUT2D eigenvalue weighted by atomic mass is 16.6. The van der Waals surface area contributed by atoms with Crippen LogP contribution in [0.5, 0.6) is 0 Å². The third-order valence-electron chi connectivity index (χ3n) is 5.15. The molecule has 0 atom stereocenters. The Morgan fingerprint density at radius 2 is 1.29 bits per heavy atom. The molecule has 0 radical (unpaired) electrons. The van der Waals surface area contributed by atoms with Crippen molar-refractivity contribution in [2.45, 2.75) is 94.1 Å². The molecular weight excluding hydrogens is 304 g/mol. The third kappa shape index (κ3) is 6.45. The molecule has 0 aromatic heterocycles. The highest BCUT2D eigenvalue weighted by Crippen LogP contribution is 2.40. The number of hydrogen-bond acceptors (Lipinski definition) is 4. The van der Waals surface area contributed by atoms with Gasteiger partial charge in [-0.05, 0) is 38.5 Å². The third-order valence-corrected chi connectivity index (χ3v) is 5.15. The van der Waals surface area contributed by atoms with E-state index in [0.717, 1.165) is 6.42 Å². The summed E-state index contributed by atoms with van der Waals surface area (Å²) in [6, 6.07) is 0. The van der Waals surface area contributed by atoms with Crippen LogP contribution in [0.1, 0.15) is 88.5 Å². The fourth-order valence-corrected chi connectivity index (χ4v) is 2.62. The first-order valence-corrected chi connectivity index (χ1v) is 8.99. The molecule has 0 spiro atoms. The fourth-order valence-electron chi connectivity index (χ4n) is 2.62. The van der Waals surface area contributed by atoms with Gasteiger partial charge < -0.3 is 9.47 Å². The normalized spacial score (nSPS) is 13.6. The summed E-state index contributed by atoms with van der Waals surface area (Å²) in [6.07, 6.45) is 2.12. The minimum absolute atomic E-state index is 0.0137. The molecule has 0 heterocycles. The molecule has 0 amide bonds. The fraction of sp³-hybridized carbons (Fsp3) is 0.900. The van der Waals surface area contributed by atoms with Gasteiger partial charge in [-0.25, -0.2) is 4.79 Å². The topological polar surface area (TPSA) is 52.6 Å². The van der Waals surface area contributed by atoms with Gasteiger partial charge in [0.1, 0.15) is 5.60 Å². The molecule has 0 saturated heterocycles. The van der Waals surface area contributed by atoms with Crippen LogP contribution in [0.25, 0.3) is 0 Å². The summed E-state index contributed by atoms with van der Waals surface area (Å²) in [4.78, 5) is 24.7. The Bertz CT molecular complexity index is 432. The summed E-state index contributed by atoms with van der Waals surface area (Å²) in [5.74, 6) is -0.798. The standard InChI is InChI=1S/C20H38O4/c1-11-20(12-2,14-17(3,4)5)16(22)23-13-15(21)24-19(9,10)18(6,7)8/h11-14H2,1-10H3. The van der Waals surface area contributed by atoms with Crippen LogP contribution in [0.15, 0.2) is 0 Å². The van der Waals surface area contributed by atoms with Crippen molar-refractivity contribution in [3.05, 3.63) is 0 Å².